The van der Waals surface area contributed by atoms with Crippen LogP contribution in [-0.2, 0) is 9.59 Å². The van der Waals surface area contributed by atoms with Gasteiger partial charge in [-0.25, -0.2) is 9.59 Å². The molecule has 146 valence electrons. The highest BCUT2D eigenvalue weighted by molar-refractivity contribution is 5.92. The summed E-state index contributed by atoms with van der Waals surface area (Å²) in [6, 6.07) is 17.1. The minimum Gasteiger partial charge on any atom is -0.423 e. The van der Waals surface area contributed by atoms with Crippen molar-refractivity contribution in [2.45, 2.75) is 20.8 Å². The Balaban J connectivity index is 1.93. The molecule has 0 saturated carbocycles. The van der Waals surface area contributed by atoms with Crippen molar-refractivity contribution in [2.24, 2.45) is 0 Å². The van der Waals surface area contributed by atoms with Crippen LogP contribution in [0.15, 0.2) is 78.9 Å². The first-order valence-electron chi connectivity index (χ1n) is 9.14. The smallest absolute Gasteiger partial charge is 0.338 e. The first kappa shape index (κ1) is 20.1. The first-order valence-corrected chi connectivity index (χ1v) is 9.14. The number of hydrogen-bond donors (Lipinski definition) is 0. The molecule has 0 bridgehead atoms. The summed E-state index contributed by atoms with van der Waals surface area (Å²) in [5.41, 5.74) is 3.61. The normalized spacial score (nSPS) is 10.4. The molecule has 0 unspecified atom stereocenters. The standard InChI is InChI=1S/C25H22O4/c1-15(2)24(26)28-22-9-8-18-12-19(6-7-20(18)13-22)21-10-17(5)11-23(14-21)29-25(27)16(3)4/h6-14H,1,3H2,2,4-5H3. The van der Waals surface area contributed by atoms with Crippen LogP contribution in [0.4, 0.5) is 0 Å². The zero-order chi connectivity index (χ0) is 21.1. The van der Waals surface area contributed by atoms with Crippen molar-refractivity contribution in [1.82, 2.24) is 0 Å². The van der Waals surface area contributed by atoms with Gasteiger partial charge in [0, 0.05) is 11.1 Å². The molecule has 3 rings (SSSR count). The molecular formula is C25H22O4. The maximum Gasteiger partial charge on any atom is 0.338 e. The zero-order valence-electron chi connectivity index (χ0n) is 16.7. The van der Waals surface area contributed by atoms with E-state index in [1.807, 2.05) is 55.5 Å². The van der Waals surface area contributed by atoms with Crippen LogP contribution in [0.5, 0.6) is 11.5 Å². The Kier molecular flexibility index (Phi) is 5.64. The molecule has 0 saturated heterocycles. The number of benzene rings is 3. The fourth-order valence-corrected chi connectivity index (χ4v) is 2.83. The Morgan fingerprint density at radius 2 is 1.28 bits per heavy atom. The van der Waals surface area contributed by atoms with Crippen LogP contribution in [0.25, 0.3) is 21.9 Å². The van der Waals surface area contributed by atoms with Crippen LogP contribution in [0, 0.1) is 6.92 Å². The van der Waals surface area contributed by atoms with Gasteiger partial charge in [0.1, 0.15) is 11.5 Å². The number of hydrogen-bond acceptors (Lipinski definition) is 4. The SMILES string of the molecule is C=C(C)C(=O)Oc1cc(C)cc(-c2ccc3cc(OC(=O)C(=C)C)ccc3c2)c1. The lowest BCUT2D eigenvalue weighted by Crippen LogP contribution is -2.08. The average Bonchev–Trinajstić information content (AvgIpc) is 2.66. The number of carbonyl (C=O) groups is 2. The van der Waals surface area contributed by atoms with Crippen molar-refractivity contribution in [1.29, 1.82) is 0 Å². The molecule has 4 heteroatoms. The van der Waals surface area contributed by atoms with Crippen LogP contribution in [0.2, 0.25) is 0 Å². The number of ether oxygens (including phenoxy) is 2. The molecule has 3 aromatic carbocycles. The van der Waals surface area contributed by atoms with E-state index in [4.69, 9.17) is 9.47 Å². The number of esters is 2. The molecule has 3 aromatic rings. The summed E-state index contributed by atoms with van der Waals surface area (Å²) >= 11 is 0. The van der Waals surface area contributed by atoms with Gasteiger partial charge in [-0.05, 0) is 78.6 Å². The van der Waals surface area contributed by atoms with E-state index in [9.17, 15) is 9.59 Å². The lowest BCUT2D eigenvalue weighted by Gasteiger charge is -2.10. The van der Waals surface area contributed by atoms with Gasteiger partial charge >= 0.3 is 11.9 Å². The van der Waals surface area contributed by atoms with Gasteiger partial charge in [0.2, 0.25) is 0 Å². The molecule has 0 radical (unpaired) electrons. The van der Waals surface area contributed by atoms with Crippen LogP contribution in [-0.4, -0.2) is 11.9 Å². The molecule has 29 heavy (non-hydrogen) atoms. The predicted molar refractivity (Wildman–Crippen MR) is 115 cm³/mol. The largest absolute Gasteiger partial charge is 0.423 e. The molecule has 0 aliphatic heterocycles. The van der Waals surface area contributed by atoms with E-state index in [2.05, 4.69) is 13.2 Å². The third kappa shape index (κ3) is 4.79. The third-order valence-electron chi connectivity index (χ3n) is 4.31. The Morgan fingerprint density at radius 3 is 1.93 bits per heavy atom. The molecule has 0 N–H and O–H groups in total. The van der Waals surface area contributed by atoms with Gasteiger partial charge in [0.05, 0.1) is 0 Å². The van der Waals surface area contributed by atoms with Crippen molar-refractivity contribution in [3.05, 3.63) is 84.5 Å². The molecule has 0 aromatic heterocycles. The van der Waals surface area contributed by atoms with Crippen LogP contribution >= 0.6 is 0 Å². The molecule has 4 nitrogen and oxygen atoms in total. The van der Waals surface area contributed by atoms with E-state index in [0.29, 0.717) is 22.6 Å². The predicted octanol–water partition coefficient (Wildman–Crippen LogP) is 5.78. The Morgan fingerprint density at radius 1 is 0.690 bits per heavy atom. The number of aryl methyl sites for hydroxylation is 1. The minimum atomic E-state index is -0.447. The van der Waals surface area contributed by atoms with Crippen LogP contribution in [0.3, 0.4) is 0 Å². The van der Waals surface area contributed by atoms with E-state index >= 15 is 0 Å². The Hall–Kier alpha value is -3.66. The van der Waals surface area contributed by atoms with Crippen molar-refractivity contribution >= 4 is 22.7 Å². The van der Waals surface area contributed by atoms with Gasteiger partial charge < -0.3 is 9.47 Å². The third-order valence-corrected chi connectivity index (χ3v) is 4.31. The lowest BCUT2D eigenvalue weighted by atomic mass is 9.99. The Labute approximate surface area is 170 Å². The van der Waals surface area contributed by atoms with Crippen molar-refractivity contribution < 1.29 is 19.1 Å². The quantitative estimate of drug-likeness (QED) is 0.317. The molecule has 0 heterocycles. The highest BCUT2D eigenvalue weighted by atomic mass is 16.5. The van der Waals surface area contributed by atoms with E-state index < -0.39 is 11.9 Å². The Bertz CT molecular complexity index is 1150. The summed E-state index contributed by atoms with van der Waals surface area (Å²) < 4.78 is 10.7. The maximum absolute atomic E-state index is 11.8. The van der Waals surface area contributed by atoms with E-state index in [0.717, 1.165) is 27.5 Å². The fraction of sp³-hybridized carbons (Fsp3) is 0.120. The highest BCUT2D eigenvalue weighted by Crippen LogP contribution is 2.30. The molecule has 0 spiro atoms. The summed E-state index contributed by atoms with van der Waals surface area (Å²) in [4.78, 5) is 23.5. The zero-order valence-corrected chi connectivity index (χ0v) is 16.7. The molecule has 0 fully saturated rings. The topological polar surface area (TPSA) is 52.6 Å². The van der Waals surface area contributed by atoms with Gasteiger partial charge in [-0.3, -0.25) is 0 Å². The first-order chi connectivity index (χ1) is 13.7. The summed E-state index contributed by atoms with van der Waals surface area (Å²) in [6.07, 6.45) is 0. The second-order valence-electron chi connectivity index (χ2n) is 7.10. The molecule has 0 aliphatic rings. The van der Waals surface area contributed by atoms with Gasteiger partial charge in [-0.15, -0.1) is 0 Å². The fourth-order valence-electron chi connectivity index (χ4n) is 2.83. The summed E-state index contributed by atoms with van der Waals surface area (Å²) in [5.74, 6) is 0.0624. The molecular weight excluding hydrogens is 364 g/mol. The van der Waals surface area contributed by atoms with Crippen molar-refractivity contribution in [2.75, 3.05) is 0 Å². The summed E-state index contributed by atoms with van der Waals surface area (Å²) in [6.45, 7) is 12.4. The lowest BCUT2D eigenvalue weighted by molar-refractivity contribution is -0.130. The molecule has 0 amide bonds. The summed E-state index contributed by atoms with van der Waals surface area (Å²) in [7, 11) is 0. The monoisotopic (exact) mass is 386 g/mol. The molecule has 0 atom stereocenters. The van der Waals surface area contributed by atoms with E-state index in [1.165, 1.54) is 0 Å². The maximum atomic E-state index is 11.8. The average molecular weight is 386 g/mol. The second-order valence-corrected chi connectivity index (χ2v) is 7.10. The number of carbonyl (C=O) groups excluding carboxylic acids is 2. The minimum absolute atomic E-state index is 0.349. The van der Waals surface area contributed by atoms with E-state index in [1.54, 1.807) is 19.9 Å². The van der Waals surface area contributed by atoms with Gasteiger partial charge in [-0.2, -0.15) is 0 Å². The molecule has 0 aliphatic carbocycles. The number of rotatable bonds is 5. The summed E-state index contributed by atoms with van der Waals surface area (Å²) in [5, 5.41) is 1.95. The van der Waals surface area contributed by atoms with Crippen molar-refractivity contribution in [3.8, 4) is 22.6 Å². The van der Waals surface area contributed by atoms with Crippen molar-refractivity contribution in [3.63, 3.8) is 0 Å². The van der Waals surface area contributed by atoms with Gasteiger partial charge in [-0.1, -0.05) is 37.4 Å². The van der Waals surface area contributed by atoms with E-state index in [-0.39, 0.29) is 0 Å². The van der Waals surface area contributed by atoms with Gasteiger partial charge in [0.15, 0.2) is 0 Å². The second kappa shape index (κ2) is 8.15. The number of fused-ring (bicyclic) bond motifs is 1. The van der Waals surface area contributed by atoms with Crippen LogP contribution < -0.4 is 9.47 Å². The van der Waals surface area contributed by atoms with Crippen LogP contribution in [0.1, 0.15) is 19.4 Å². The van der Waals surface area contributed by atoms with Gasteiger partial charge in [0.25, 0.3) is 0 Å². The highest BCUT2D eigenvalue weighted by Gasteiger charge is 2.10.